The van der Waals surface area contributed by atoms with Crippen LogP contribution >= 0.6 is 0 Å². The smallest absolute Gasteiger partial charge is 0.335 e. The number of sulfonamides is 1. The van der Waals surface area contributed by atoms with Crippen molar-refractivity contribution in [2.24, 2.45) is 0 Å². The number of carboxylic acid groups (broad SMARTS) is 1. The van der Waals surface area contributed by atoms with Crippen molar-refractivity contribution in [1.29, 1.82) is 0 Å². The van der Waals surface area contributed by atoms with E-state index in [9.17, 15) is 13.2 Å². The summed E-state index contributed by atoms with van der Waals surface area (Å²) in [6.07, 6.45) is 1.83. The SMILES string of the molecule is Cc1[nH]ncc1S(=O)(=O)N1CCc2ccc(C(=O)O)cc21. The molecule has 1 aliphatic rings. The van der Waals surface area contributed by atoms with Crippen LogP contribution in [-0.4, -0.2) is 36.2 Å². The van der Waals surface area contributed by atoms with Crippen molar-refractivity contribution in [1.82, 2.24) is 10.2 Å². The maximum absolute atomic E-state index is 12.7. The molecule has 1 aromatic carbocycles. The maximum Gasteiger partial charge on any atom is 0.335 e. The number of H-pyrrole nitrogens is 1. The van der Waals surface area contributed by atoms with E-state index in [1.54, 1.807) is 13.0 Å². The molecule has 0 bridgehead atoms. The molecule has 110 valence electrons. The van der Waals surface area contributed by atoms with Crippen molar-refractivity contribution >= 4 is 21.7 Å². The van der Waals surface area contributed by atoms with Crippen molar-refractivity contribution in [3.63, 3.8) is 0 Å². The lowest BCUT2D eigenvalue weighted by Gasteiger charge is -2.19. The Kier molecular flexibility index (Phi) is 2.98. The molecule has 0 aliphatic carbocycles. The molecule has 0 saturated heterocycles. The fourth-order valence-electron chi connectivity index (χ4n) is 2.45. The average Bonchev–Trinajstić information content (AvgIpc) is 3.03. The first-order valence-electron chi connectivity index (χ1n) is 6.30. The molecule has 1 aliphatic heterocycles. The fourth-order valence-corrected chi connectivity index (χ4v) is 4.07. The molecular weight excluding hydrogens is 294 g/mol. The van der Waals surface area contributed by atoms with Gasteiger partial charge in [-0.1, -0.05) is 6.07 Å². The molecule has 2 heterocycles. The van der Waals surface area contributed by atoms with Crippen molar-refractivity contribution in [3.05, 3.63) is 41.2 Å². The highest BCUT2D eigenvalue weighted by molar-refractivity contribution is 7.92. The number of fused-ring (bicyclic) bond motifs is 1. The van der Waals surface area contributed by atoms with Crippen LogP contribution in [0.15, 0.2) is 29.3 Å². The van der Waals surface area contributed by atoms with Gasteiger partial charge in [0.25, 0.3) is 10.0 Å². The second-order valence-corrected chi connectivity index (χ2v) is 6.67. The molecule has 2 aromatic rings. The Balaban J connectivity index is 2.10. The van der Waals surface area contributed by atoms with Gasteiger partial charge in [-0.25, -0.2) is 13.2 Å². The number of carboxylic acids is 1. The third kappa shape index (κ3) is 2.07. The number of aryl methyl sites for hydroxylation is 1. The van der Waals surface area contributed by atoms with Gasteiger partial charge in [0.2, 0.25) is 0 Å². The summed E-state index contributed by atoms with van der Waals surface area (Å²) < 4.78 is 26.6. The summed E-state index contributed by atoms with van der Waals surface area (Å²) in [5.41, 5.74) is 1.78. The van der Waals surface area contributed by atoms with Gasteiger partial charge < -0.3 is 5.11 Å². The van der Waals surface area contributed by atoms with Crippen LogP contribution in [0.4, 0.5) is 5.69 Å². The molecule has 0 fully saturated rings. The zero-order valence-corrected chi connectivity index (χ0v) is 12.0. The van der Waals surface area contributed by atoms with Crippen LogP contribution in [-0.2, 0) is 16.4 Å². The van der Waals surface area contributed by atoms with Gasteiger partial charge in [-0.15, -0.1) is 0 Å². The van der Waals surface area contributed by atoms with E-state index in [4.69, 9.17) is 5.11 Å². The predicted octanol–water partition coefficient (Wildman–Crippen LogP) is 1.17. The number of nitrogens with zero attached hydrogens (tertiary/aromatic N) is 2. The molecule has 2 N–H and O–H groups in total. The number of aromatic carboxylic acids is 1. The zero-order chi connectivity index (χ0) is 15.2. The molecule has 1 aromatic heterocycles. The molecule has 21 heavy (non-hydrogen) atoms. The minimum atomic E-state index is -3.74. The molecule has 0 radical (unpaired) electrons. The third-order valence-corrected chi connectivity index (χ3v) is 5.46. The second-order valence-electron chi connectivity index (χ2n) is 4.84. The first-order valence-corrected chi connectivity index (χ1v) is 7.74. The molecule has 0 unspecified atom stereocenters. The summed E-state index contributed by atoms with van der Waals surface area (Å²) >= 11 is 0. The zero-order valence-electron chi connectivity index (χ0n) is 11.2. The lowest BCUT2D eigenvalue weighted by molar-refractivity contribution is 0.0697. The molecule has 0 saturated carbocycles. The Bertz CT molecular complexity index is 826. The van der Waals surface area contributed by atoms with Crippen molar-refractivity contribution in [2.45, 2.75) is 18.2 Å². The van der Waals surface area contributed by atoms with E-state index in [1.807, 2.05) is 0 Å². The van der Waals surface area contributed by atoms with Gasteiger partial charge in [-0.2, -0.15) is 5.10 Å². The normalized spacial score (nSPS) is 14.2. The number of aromatic amines is 1. The lowest BCUT2D eigenvalue weighted by atomic mass is 10.1. The van der Waals surface area contributed by atoms with Crippen molar-refractivity contribution in [2.75, 3.05) is 10.8 Å². The number of aromatic nitrogens is 2. The van der Waals surface area contributed by atoms with Crippen LogP contribution in [0.1, 0.15) is 21.6 Å². The molecule has 8 heteroatoms. The summed E-state index contributed by atoms with van der Waals surface area (Å²) in [7, 11) is -3.74. The molecule has 0 spiro atoms. The van der Waals surface area contributed by atoms with Gasteiger partial charge >= 0.3 is 5.97 Å². The quantitative estimate of drug-likeness (QED) is 0.886. The van der Waals surface area contributed by atoms with Crippen LogP contribution in [0.25, 0.3) is 0 Å². The van der Waals surface area contributed by atoms with Gasteiger partial charge in [0.1, 0.15) is 4.90 Å². The number of benzene rings is 1. The minimum absolute atomic E-state index is 0.0692. The fraction of sp³-hybridized carbons (Fsp3) is 0.231. The summed E-state index contributed by atoms with van der Waals surface area (Å²) in [6, 6.07) is 4.55. The standard InChI is InChI=1S/C13H13N3O4S/c1-8-12(7-14-15-8)21(19,20)16-5-4-9-2-3-10(13(17)18)6-11(9)16/h2-3,6-7H,4-5H2,1H3,(H,14,15)(H,17,18). The van der Waals surface area contributed by atoms with Crippen LogP contribution in [0.2, 0.25) is 0 Å². The number of rotatable bonds is 3. The number of hydrogen-bond donors (Lipinski definition) is 2. The summed E-state index contributed by atoms with van der Waals surface area (Å²) in [5.74, 6) is -1.08. The summed E-state index contributed by atoms with van der Waals surface area (Å²) in [5, 5.41) is 15.4. The summed E-state index contributed by atoms with van der Waals surface area (Å²) in [6.45, 7) is 1.93. The van der Waals surface area contributed by atoms with Gasteiger partial charge in [0.15, 0.2) is 0 Å². The minimum Gasteiger partial charge on any atom is -0.478 e. The maximum atomic E-state index is 12.7. The predicted molar refractivity (Wildman–Crippen MR) is 75.0 cm³/mol. The summed E-state index contributed by atoms with van der Waals surface area (Å²) in [4.78, 5) is 11.2. The van der Waals surface area contributed by atoms with E-state index >= 15 is 0 Å². The van der Waals surface area contributed by atoms with Crippen LogP contribution in [0.3, 0.4) is 0 Å². The van der Waals surface area contributed by atoms with Crippen molar-refractivity contribution < 1.29 is 18.3 Å². The van der Waals surface area contributed by atoms with E-state index in [2.05, 4.69) is 10.2 Å². The first-order chi connectivity index (χ1) is 9.91. The monoisotopic (exact) mass is 307 g/mol. The van der Waals surface area contributed by atoms with E-state index in [0.717, 1.165) is 5.56 Å². The number of carbonyl (C=O) groups is 1. The Morgan fingerprint density at radius 1 is 1.43 bits per heavy atom. The largest absolute Gasteiger partial charge is 0.478 e. The Morgan fingerprint density at radius 3 is 2.81 bits per heavy atom. The van der Waals surface area contributed by atoms with Crippen LogP contribution in [0, 0.1) is 6.92 Å². The van der Waals surface area contributed by atoms with Gasteiger partial charge in [0.05, 0.1) is 23.1 Å². The highest BCUT2D eigenvalue weighted by Gasteiger charge is 2.33. The first kappa shape index (κ1) is 13.6. The lowest BCUT2D eigenvalue weighted by Crippen LogP contribution is -2.29. The molecule has 0 amide bonds. The highest BCUT2D eigenvalue weighted by Crippen LogP contribution is 2.34. The van der Waals surface area contributed by atoms with E-state index in [-0.39, 0.29) is 10.5 Å². The number of anilines is 1. The van der Waals surface area contributed by atoms with E-state index < -0.39 is 16.0 Å². The van der Waals surface area contributed by atoms with E-state index in [0.29, 0.717) is 24.3 Å². The van der Waals surface area contributed by atoms with Crippen LogP contribution in [0.5, 0.6) is 0 Å². The number of nitrogens with one attached hydrogen (secondary N) is 1. The molecular formula is C13H13N3O4S. The topological polar surface area (TPSA) is 103 Å². The highest BCUT2D eigenvalue weighted by atomic mass is 32.2. The van der Waals surface area contributed by atoms with Gasteiger partial charge in [-0.05, 0) is 31.0 Å². The Hall–Kier alpha value is -2.35. The number of hydrogen-bond acceptors (Lipinski definition) is 4. The Morgan fingerprint density at radius 2 is 2.19 bits per heavy atom. The van der Waals surface area contributed by atoms with Gasteiger partial charge in [-0.3, -0.25) is 9.40 Å². The van der Waals surface area contributed by atoms with Gasteiger partial charge in [0, 0.05) is 6.54 Å². The Labute approximate surface area is 121 Å². The van der Waals surface area contributed by atoms with Crippen molar-refractivity contribution in [3.8, 4) is 0 Å². The molecule has 3 rings (SSSR count). The third-order valence-electron chi connectivity index (χ3n) is 3.54. The van der Waals surface area contributed by atoms with E-state index in [1.165, 1.54) is 22.6 Å². The second kappa shape index (κ2) is 4.59. The molecule has 0 atom stereocenters. The molecule has 7 nitrogen and oxygen atoms in total. The average molecular weight is 307 g/mol. The van der Waals surface area contributed by atoms with Crippen LogP contribution < -0.4 is 4.31 Å².